The first kappa shape index (κ1) is 27.9. The van der Waals surface area contributed by atoms with Crippen LogP contribution in [-0.4, -0.2) is 86.0 Å². The molecule has 182 valence electrons. The summed E-state index contributed by atoms with van der Waals surface area (Å²) in [5, 5.41) is 36.1. The van der Waals surface area contributed by atoms with Crippen LogP contribution in [0.1, 0.15) is 44.7 Å². The number of ether oxygens (including phenoxy) is 6. The van der Waals surface area contributed by atoms with Gasteiger partial charge >= 0.3 is 11.9 Å². The highest BCUT2D eigenvalue weighted by molar-refractivity contribution is 5.97. The Morgan fingerprint density at radius 2 is 1.22 bits per heavy atom. The maximum absolute atomic E-state index is 11.9. The number of rotatable bonds is 20. The number of aliphatic hydroxyl groups is 2. The molecular formula is C20H30O12. The normalized spacial score (nSPS) is 11.1. The van der Waals surface area contributed by atoms with Crippen LogP contribution in [0.4, 0.5) is 0 Å². The summed E-state index contributed by atoms with van der Waals surface area (Å²) in [4.78, 5) is 23.4. The van der Waals surface area contributed by atoms with Crippen molar-refractivity contribution in [2.24, 2.45) is 0 Å². The predicted octanol–water partition coefficient (Wildman–Crippen LogP) is 0.777. The molecular weight excluding hydrogens is 432 g/mol. The molecule has 1 rings (SSSR count). The first-order valence-electron chi connectivity index (χ1n) is 9.82. The first-order valence-corrected chi connectivity index (χ1v) is 9.82. The van der Waals surface area contributed by atoms with Crippen molar-refractivity contribution in [2.45, 2.75) is 26.1 Å². The molecule has 4 N–H and O–H groups in total. The van der Waals surface area contributed by atoms with Gasteiger partial charge in [0.05, 0.1) is 50.8 Å². The number of benzene rings is 1. The molecule has 0 atom stereocenters. The monoisotopic (exact) mass is 462 g/mol. The number of aromatic carboxylic acids is 2. The summed E-state index contributed by atoms with van der Waals surface area (Å²) in [5.41, 5.74) is -0.129. The molecule has 0 radical (unpaired) electrons. The molecule has 1 aromatic carbocycles. The Labute approximate surface area is 185 Å². The molecule has 0 aliphatic rings. The first-order chi connectivity index (χ1) is 15.5. The van der Waals surface area contributed by atoms with Crippen molar-refractivity contribution in [1.29, 1.82) is 0 Å². The largest absolute Gasteiger partial charge is 0.478 e. The van der Waals surface area contributed by atoms with Gasteiger partial charge in [-0.05, 0) is 24.5 Å². The van der Waals surface area contributed by atoms with E-state index in [2.05, 4.69) is 0 Å². The SMILES string of the molecule is O=C(O)c1ccc(COCOCCCOCO)c(C(=O)O)c1COCOCCCOCO. The number of aliphatic hydroxyl groups excluding tert-OH is 2. The number of carboxylic acid groups (broad SMARTS) is 2. The summed E-state index contributed by atoms with van der Waals surface area (Å²) < 4.78 is 30.6. The van der Waals surface area contributed by atoms with Crippen LogP contribution in [0.25, 0.3) is 0 Å². The highest BCUT2D eigenvalue weighted by Crippen LogP contribution is 2.22. The van der Waals surface area contributed by atoms with Gasteiger partial charge in [-0.25, -0.2) is 9.59 Å². The molecule has 0 unspecified atom stereocenters. The van der Waals surface area contributed by atoms with Gasteiger partial charge in [-0.3, -0.25) is 0 Å². The van der Waals surface area contributed by atoms with Gasteiger partial charge in [-0.2, -0.15) is 0 Å². The van der Waals surface area contributed by atoms with Crippen molar-refractivity contribution >= 4 is 11.9 Å². The van der Waals surface area contributed by atoms with E-state index in [0.29, 0.717) is 32.7 Å². The molecule has 0 bridgehead atoms. The average molecular weight is 462 g/mol. The summed E-state index contributed by atoms with van der Waals surface area (Å²) >= 11 is 0. The molecule has 0 aliphatic heterocycles. The zero-order chi connectivity index (χ0) is 23.6. The molecule has 12 nitrogen and oxygen atoms in total. The Morgan fingerprint density at radius 1 is 0.688 bits per heavy atom. The third kappa shape index (κ3) is 10.9. The van der Waals surface area contributed by atoms with Gasteiger partial charge in [0.15, 0.2) is 0 Å². The third-order valence-corrected chi connectivity index (χ3v) is 4.02. The molecule has 0 spiro atoms. The maximum atomic E-state index is 11.9. The van der Waals surface area contributed by atoms with E-state index in [4.69, 9.17) is 38.6 Å². The number of carboxylic acids is 2. The number of carbonyl (C=O) groups is 2. The summed E-state index contributed by atoms with van der Waals surface area (Å²) in [6.45, 7) is -0.146. The van der Waals surface area contributed by atoms with E-state index in [1.54, 1.807) is 0 Å². The van der Waals surface area contributed by atoms with Gasteiger partial charge in [0.2, 0.25) is 0 Å². The summed E-state index contributed by atoms with van der Waals surface area (Å²) in [6.07, 6.45) is 1.07. The molecule has 0 fully saturated rings. The molecule has 12 heteroatoms. The molecule has 0 aromatic heterocycles. The van der Waals surface area contributed by atoms with E-state index < -0.39 is 11.9 Å². The van der Waals surface area contributed by atoms with Crippen LogP contribution in [0.15, 0.2) is 12.1 Å². The zero-order valence-electron chi connectivity index (χ0n) is 17.7. The van der Waals surface area contributed by atoms with Crippen LogP contribution in [0, 0.1) is 0 Å². The lowest BCUT2D eigenvalue weighted by molar-refractivity contribution is -0.0720. The number of hydrogen-bond donors (Lipinski definition) is 4. The smallest absolute Gasteiger partial charge is 0.336 e. The van der Waals surface area contributed by atoms with Crippen LogP contribution in [0.2, 0.25) is 0 Å². The fourth-order valence-corrected chi connectivity index (χ4v) is 2.62. The molecule has 0 saturated carbocycles. The Morgan fingerprint density at radius 3 is 1.72 bits per heavy atom. The Bertz CT molecular complexity index is 679. The Hall–Kier alpha value is -2.16. The van der Waals surface area contributed by atoms with Gasteiger partial charge in [0, 0.05) is 5.56 Å². The molecule has 0 amide bonds. The minimum Gasteiger partial charge on any atom is -0.478 e. The second-order valence-corrected chi connectivity index (χ2v) is 6.27. The lowest BCUT2D eigenvalue weighted by Gasteiger charge is -2.15. The van der Waals surface area contributed by atoms with Crippen LogP contribution < -0.4 is 0 Å². The van der Waals surface area contributed by atoms with E-state index in [1.807, 2.05) is 0 Å². The summed E-state index contributed by atoms with van der Waals surface area (Å²) in [5.74, 6) is -2.59. The average Bonchev–Trinajstić information content (AvgIpc) is 2.76. The second kappa shape index (κ2) is 17.4. The van der Waals surface area contributed by atoms with Crippen LogP contribution in [0.5, 0.6) is 0 Å². The van der Waals surface area contributed by atoms with E-state index >= 15 is 0 Å². The van der Waals surface area contributed by atoms with Crippen LogP contribution >= 0.6 is 0 Å². The second-order valence-electron chi connectivity index (χ2n) is 6.27. The van der Waals surface area contributed by atoms with Crippen LogP contribution in [0.3, 0.4) is 0 Å². The lowest BCUT2D eigenvalue weighted by Crippen LogP contribution is -2.16. The van der Waals surface area contributed by atoms with Gasteiger partial charge < -0.3 is 48.8 Å². The summed E-state index contributed by atoms with van der Waals surface area (Å²) in [6, 6.07) is 2.68. The topological polar surface area (TPSA) is 170 Å². The zero-order valence-corrected chi connectivity index (χ0v) is 17.7. The minimum atomic E-state index is -1.31. The highest BCUT2D eigenvalue weighted by Gasteiger charge is 2.22. The fourth-order valence-electron chi connectivity index (χ4n) is 2.62. The Balaban J connectivity index is 2.65. The predicted molar refractivity (Wildman–Crippen MR) is 107 cm³/mol. The Kier molecular flexibility index (Phi) is 15.2. The number of hydrogen-bond acceptors (Lipinski definition) is 10. The van der Waals surface area contributed by atoms with Crippen molar-refractivity contribution in [3.63, 3.8) is 0 Å². The molecule has 0 aliphatic carbocycles. The maximum Gasteiger partial charge on any atom is 0.336 e. The van der Waals surface area contributed by atoms with Gasteiger partial charge in [0.25, 0.3) is 0 Å². The standard InChI is InChI=1S/C20H30O12/c21-11-27-5-1-7-29-13-31-9-15-3-4-16(19(23)24)17(18(15)20(25)26)10-32-14-30-8-2-6-28-12-22/h3-4,21-22H,1-2,5-14H2,(H,23,24)(H,25,26). The van der Waals surface area contributed by atoms with Crippen molar-refractivity contribution < 1.29 is 58.4 Å². The van der Waals surface area contributed by atoms with Gasteiger partial charge in [-0.15, -0.1) is 0 Å². The van der Waals surface area contributed by atoms with Gasteiger partial charge in [0.1, 0.15) is 27.2 Å². The molecule has 0 saturated heterocycles. The van der Waals surface area contributed by atoms with Crippen LogP contribution in [-0.2, 0) is 41.6 Å². The lowest BCUT2D eigenvalue weighted by atomic mass is 9.96. The highest BCUT2D eigenvalue weighted by atomic mass is 16.7. The van der Waals surface area contributed by atoms with E-state index in [-0.39, 0.29) is 69.2 Å². The van der Waals surface area contributed by atoms with Crippen molar-refractivity contribution in [3.05, 3.63) is 34.4 Å². The molecule has 32 heavy (non-hydrogen) atoms. The van der Waals surface area contributed by atoms with E-state index in [0.717, 1.165) is 0 Å². The fraction of sp³-hybridized carbons (Fsp3) is 0.600. The van der Waals surface area contributed by atoms with Gasteiger partial charge in [-0.1, -0.05) is 6.07 Å². The minimum absolute atomic E-state index is 0.000356. The third-order valence-electron chi connectivity index (χ3n) is 4.02. The van der Waals surface area contributed by atoms with Crippen molar-refractivity contribution in [3.8, 4) is 0 Å². The van der Waals surface area contributed by atoms with Crippen molar-refractivity contribution in [1.82, 2.24) is 0 Å². The quantitative estimate of drug-likeness (QED) is 0.159. The molecule has 0 heterocycles. The van der Waals surface area contributed by atoms with E-state index in [1.165, 1.54) is 12.1 Å². The van der Waals surface area contributed by atoms with E-state index in [9.17, 15) is 19.8 Å². The van der Waals surface area contributed by atoms with Crippen molar-refractivity contribution in [2.75, 3.05) is 53.6 Å². The summed E-state index contributed by atoms with van der Waals surface area (Å²) in [7, 11) is 0. The molecule has 1 aromatic rings.